The maximum Gasteiger partial charge on any atom is 0.281 e. The molecular weight excluding hydrogens is 314 g/mol. The van der Waals surface area contributed by atoms with Crippen molar-refractivity contribution >= 4 is 11.6 Å². The number of hydrogen-bond acceptors (Lipinski definition) is 3. The molecule has 1 aromatic rings. The molecule has 2 heterocycles. The van der Waals surface area contributed by atoms with Crippen LogP contribution in [0.25, 0.3) is 0 Å². The van der Waals surface area contributed by atoms with Crippen LogP contribution in [0.1, 0.15) is 40.0 Å². The lowest BCUT2D eigenvalue weighted by molar-refractivity contribution is -0.915. The molecule has 0 bridgehead atoms. The number of anilines is 1. The Kier molecular flexibility index (Phi) is 5.52. The average Bonchev–Trinajstić information content (AvgIpc) is 2.61. The highest BCUT2D eigenvalue weighted by molar-refractivity contribution is 5.80. The predicted octanol–water partition coefficient (Wildman–Crippen LogP) is 1.28. The van der Waals surface area contributed by atoms with Crippen LogP contribution in [0.3, 0.4) is 0 Å². The van der Waals surface area contributed by atoms with Gasteiger partial charge in [0.05, 0.1) is 26.2 Å². The Hall–Kier alpha value is -1.75. The van der Waals surface area contributed by atoms with Crippen molar-refractivity contribution in [2.45, 2.75) is 58.2 Å². The zero-order valence-electron chi connectivity index (χ0n) is 15.7. The molecule has 25 heavy (non-hydrogen) atoms. The zero-order valence-corrected chi connectivity index (χ0v) is 15.7. The van der Waals surface area contributed by atoms with Gasteiger partial charge in [-0.15, -0.1) is 0 Å². The van der Waals surface area contributed by atoms with Gasteiger partial charge in [-0.05, 0) is 64.3 Å². The molecule has 0 spiro atoms. The van der Waals surface area contributed by atoms with Crippen LogP contribution < -0.4 is 9.80 Å². The van der Waals surface area contributed by atoms with Gasteiger partial charge in [-0.2, -0.15) is 0 Å². The van der Waals surface area contributed by atoms with Gasteiger partial charge in [-0.3, -0.25) is 4.79 Å². The van der Waals surface area contributed by atoms with Gasteiger partial charge in [0.25, 0.3) is 5.91 Å². The summed E-state index contributed by atoms with van der Waals surface area (Å²) < 4.78 is 0. The molecule has 138 valence electrons. The first-order valence-corrected chi connectivity index (χ1v) is 9.68. The van der Waals surface area contributed by atoms with Gasteiger partial charge >= 0.3 is 0 Å². The Labute approximate surface area is 151 Å². The van der Waals surface area contributed by atoms with Crippen LogP contribution in [-0.2, 0) is 4.79 Å². The van der Waals surface area contributed by atoms with Crippen LogP contribution in [0.15, 0.2) is 24.3 Å². The average molecular weight is 346 g/mol. The first kappa shape index (κ1) is 18.1. The van der Waals surface area contributed by atoms with Crippen molar-refractivity contribution in [1.29, 1.82) is 0 Å². The van der Waals surface area contributed by atoms with Gasteiger partial charge in [0.15, 0.2) is 6.04 Å². The number of phenolic OH excluding ortho intramolecular Hbond substituents is 1. The van der Waals surface area contributed by atoms with Crippen molar-refractivity contribution in [3.63, 3.8) is 0 Å². The van der Waals surface area contributed by atoms with Crippen LogP contribution in [0.2, 0.25) is 0 Å². The lowest BCUT2D eigenvalue weighted by Gasteiger charge is -2.42. The second-order valence-electron chi connectivity index (χ2n) is 7.76. The number of nitrogens with one attached hydrogen (secondary N) is 1. The Balaban J connectivity index is 1.58. The fourth-order valence-corrected chi connectivity index (χ4v) is 4.40. The summed E-state index contributed by atoms with van der Waals surface area (Å²) in [5.41, 5.74) is 1.15. The van der Waals surface area contributed by atoms with E-state index in [1.54, 1.807) is 12.1 Å². The van der Waals surface area contributed by atoms with Crippen molar-refractivity contribution in [2.24, 2.45) is 0 Å². The highest BCUT2D eigenvalue weighted by atomic mass is 16.3. The summed E-state index contributed by atoms with van der Waals surface area (Å²) in [5, 5.41) is 9.43. The molecule has 3 rings (SSSR count). The first-order valence-electron chi connectivity index (χ1n) is 9.68. The number of carbonyl (C=O) groups excluding carboxylic acids is 1. The number of amides is 1. The van der Waals surface area contributed by atoms with Gasteiger partial charge in [0, 0.05) is 17.8 Å². The molecule has 0 unspecified atom stereocenters. The van der Waals surface area contributed by atoms with E-state index >= 15 is 0 Å². The first-order chi connectivity index (χ1) is 12.0. The van der Waals surface area contributed by atoms with Gasteiger partial charge in [0.1, 0.15) is 5.75 Å². The number of quaternary nitrogens is 1. The van der Waals surface area contributed by atoms with E-state index in [4.69, 9.17) is 0 Å². The standard InChI is InChI=1S/C20H31N3O2/c1-15-5-4-6-16(2)23(15)20(25)17(3)21-11-13-22(14-12-21)18-7-9-19(24)10-8-18/h7-10,15-17,24H,4-6,11-14H2,1-3H3/p+1/t15-,16-,17-/m1/s1. The van der Waals surface area contributed by atoms with Crippen LogP contribution in [-0.4, -0.2) is 60.2 Å². The molecule has 5 heteroatoms. The molecule has 1 amide bonds. The summed E-state index contributed by atoms with van der Waals surface area (Å²) in [6.07, 6.45) is 3.50. The Morgan fingerprint density at radius 2 is 1.68 bits per heavy atom. The maximum absolute atomic E-state index is 13.1. The molecule has 0 saturated carbocycles. The van der Waals surface area contributed by atoms with Crippen LogP contribution in [0.5, 0.6) is 5.75 Å². The van der Waals surface area contributed by atoms with Crippen LogP contribution >= 0.6 is 0 Å². The monoisotopic (exact) mass is 346 g/mol. The summed E-state index contributed by atoms with van der Waals surface area (Å²) in [7, 11) is 0. The number of phenols is 1. The molecule has 0 aliphatic carbocycles. The summed E-state index contributed by atoms with van der Waals surface area (Å²) in [5.74, 6) is 0.629. The second kappa shape index (κ2) is 7.65. The van der Waals surface area contributed by atoms with E-state index in [0.29, 0.717) is 23.7 Å². The Bertz CT molecular complexity index is 571. The molecule has 2 saturated heterocycles. The van der Waals surface area contributed by atoms with Crippen LogP contribution in [0, 0.1) is 0 Å². The molecule has 0 aromatic heterocycles. The number of hydrogen-bond donors (Lipinski definition) is 2. The molecule has 0 radical (unpaired) electrons. The summed E-state index contributed by atoms with van der Waals surface area (Å²) >= 11 is 0. The lowest BCUT2D eigenvalue weighted by Crippen LogP contribution is -3.19. The topological polar surface area (TPSA) is 48.2 Å². The SMILES string of the molecule is C[C@@H]1CCC[C@@H](C)N1C(=O)[C@@H](C)[NH+]1CCN(c2ccc(O)cc2)CC1. The second-order valence-corrected chi connectivity index (χ2v) is 7.76. The van der Waals surface area contributed by atoms with Crippen molar-refractivity contribution in [3.8, 4) is 5.75 Å². The Morgan fingerprint density at radius 1 is 1.12 bits per heavy atom. The highest BCUT2D eigenvalue weighted by Crippen LogP contribution is 2.23. The number of nitrogens with zero attached hydrogens (tertiary/aromatic N) is 2. The summed E-state index contributed by atoms with van der Waals surface area (Å²) in [6, 6.07) is 8.18. The minimum atomic E-state index is 0.0324. The number of aromatic hydroxyl groups is 1. The normalized spacial score (nSPS) is 26.5. The quantitative estimate of drug-likeness (QED) is 0.867. The van der Waals surface area contributed by atoms with E-state index in [1.807, 2.05) is 12.1 Å². The minimum absolute atomic E-state index is 0.0324. The molecule has 2 aliphatic rings. The van der Waals surface area contributed by atoms with Gasteiger partial charge in [-0.1, -0.05) is 0 Å². The van der Waals surface area contributed by atoms with Gasteiger partial charge in [0.2, 0.25) is 0 Å². The number of benzene rings is 1. The highest BCUT2D eigenvalue weighted by Gasteiger charge is 2.37. The van der Waals surface area contributed by atoms with E-state index in [9.17, 15) is 9.90 Å². The van der Waals surface area contributed by atoms with E-state index in [-0.39, 0.29) is 6.04 Å². The fourth-order valence-electron chi connectivity index (χ4n) is 4.40. The molecule has 2 N–H and O–H groups in total. The van der Waals surface area contributed by atoms with E-state index in [1.165, 1.54) is 11.3 Å². The van der Waals surface area contributed by atoms with Crippen LogP contribution in [0.4, 0.5) is 5.69 Å². The predicted molar refractivity (Wildman–Crippen MR) is 100 cm³/mol. The van der Waals surface area contributed by atoms with Crippen molar-refractivity contribution in [2.75, 3.05) is 31.1 Å². The zero-order chi connectivity index (χ0) is 18.0. The smallest absolute Gasteiger partial charge is 0.281 e. The molecule has 3 atom stereocenters. The van der Waals surface area contributed by atoms with Crippen molar-refractivity contribution in [3.05, 3.63) is 24.3 Å². The molecular formula is C20H32N3O2+. The van der Waals surface area contributed by atoms with E-state index < -0.39 is 0 Å². The molecule has 5 nitrogen and oxygen atoms in total. The summed E-state index contributed by atoms with van der Waals surface area (Å²) in [6.45, 7) is 10.3. The van der Waals surface area contributed by atoms with Crippen molar-refractivity contribution in [1.82, 2.24) is 4.90 Å². The number of likely N-dealkylation sites (tertiary alicyclic amines) is 1. The summed E-state index contributed by atoms with van der Waals surface area (Å²) in [4.78, 5) is 19.0. The van der Waals surface area contributed by atoms with Crippen molar-refractivity contribution < 1.29 is 14.8 Å². The molecule has 2 fully saturated rings. The van der Waals surface area contributed by atoms with E-state index in [0.717, 1.165) is 44.7 Å². The number of rotatable bonds is 3. The minimum Gasteiger partial charge on any atom is -0.508 e. The largest absolute Gasteiger partial charge is 0.508 e. The number of piperazine rings is 1. The fraction of sp³-hybridized carbons (Fsp3) is 0.650. The van der Waals surface area contributed by atoms with Gasteiger partial charge in [-0.25, -0.2) is 0 Å². The van der Waals surface area contributed by atoms with E-state index in [2.05, 4.69) is 30.6 Å². The third-order valence-electron chi connectivity index (χ3n) is 6.05. The number of piperidine rings is 1. The third kappa shape index (κ3) is 3.92. The molecule has 2 aliphatic heterocycles. The Morgan fingerprint density at radius 3 is 2.24 bits per heavy atom. The maximum atomic E-state index is 13.1. The third-order valence-corrected chi connectivity index (χ3v) is 6.05. The molecule has 1 aromatic carbocycles. The van der Waals surface area contributed by atoms with Gasteiger partial charge < -0.3 is 19.8 Å². The lowest BCUT2D eigenvalue weighted by atomic mass is 9.96. The number of carbonyl (C=O) groups is 1.